The van der Waals surface area contributed by atoms with Gasteiger partial charge in [-0.1, -0.05) is 123 Å². The zero-order valence-electron chi connectivity index (χ0n) is 27.7. The predicted molar refractivity (Wildman–Crippen MR) is 204 cm³/mol. The molecule has 7 rings (SSSR count). The Morgan fingerprint density at radius 2 is 1.29 bits per heavy atom. The van der Waals surface area contributed by atoms with Crippen LogP contribution < -0.4 is 4.90 Å². The summed E-state index contributed by atoms with van der Waals surface area (Å²) < 4.78 is 0. The van der Waals surface area contributed by atoms with Crippen LogP contribution in [0.5, 0.6) is 0 Å². The van der Waals surface area contributed by atoms with Gasteiger partial charge in [-0.15, -0.1) is 0 Å². The molecule has 0 fully saturated rings. The molecular formula is C46H35N3. The Bertz CT molecular complexity index is 2410. The molecule has 0 aliphatic heterocycles. The fourth-order valence-electron chi connectivity index (χ4n) is 7.07. The topological polar surface area (TPSA) is 50.8 Å². The number of benzene rings is 6. The number of allylic oxidation sites excluding steroid dienone is 6. The molecule has 1 aliphatic carbocycles. The number of anilines is 2. The third-order valence-corrected chi connectivity index (χ3v) is 9.75. The van der Waals surface area contributed by atoms with Gasteiger partial charge in [0.1, 0.15) is 0 Å². The molecule has 0 radical (unpaired) electrons. The Morgan fingerprint density at radius 3 is 1.86 bits per heavy atom. The van der Waals surface area contributed by atoms with E-state index in [9.17, 15) is 10.5 Å². The summed E-state index contributed by atoms with van der Waals surface area (Å²) in [6, 6.07) is 46.3. The SMILES string of the molecule is C=C/C(=C\C)c1ccc(N(C2=CCC(C)(c3ccc(C#N)c4ccccc34)C=C2)c2ccc(-c3ccc(C#N)c4ccccc34)cc2)cc1. The highest BCUT2D eigenvalue weighted by Gasteiger charge is 2.29. The summed E-state index contributed by atoms with van der Waals surface area (Å²) in [5.41, 5.74) is 9.97. The number of nitriles is 2. The zero-order valence-corrected chi connectivity index (χ0v) is 27.7. The first kappa shape index (κ1) is 31.2. The van der Waals surface area contributed by atoms with Crippen molar-refractivity contribution in [2.45, 2.75) is 25.7 Å². The first-order chi connectivity index (χ1) is 24.0. The molecule has 0 N–H and O–H groups in total. The van der Waals surface area contributed by atoms with Crippen molar-refractivity contribution < 1.29 is 0 Å². The Hall–Kier alpha value is -6.42. The second kappa shape index (κ2) is 13.0. The van der Waals surface area contributed by atoms with Crippen LogP contribution in [0.2, 0.25) is 0 Å². The van der Waals surface area contributed by atoms with Gasteiger partial charge in [-0.2, -0.15) is 10.5 Å². The van der Waals surface area contributed by atoms with Gasteiger partial charge in [-0.05, 0) is 99.8 Å². The summed E-state index contributed by atoms with van der Waals surface area (Å²) in [5.74, 6) is 0. The second-order valence-corrected chi connectivity index (χ2v) is 12.6. The molecule has 0 bridgehead atoms. The fourth-order valence-corrected chi connectivity index (χ4v) is 7.07. The van der Waals surface area contributed by atoms with Crippen molar-refractivity contribution in [3.05, 3.63) is 186 Å². The van der Waals surface area contributed by atoms with Gasteiger partial charge in [-0.3, -0.25) is 0 Å². The van der Waals surface area contributed by atoms with E-state index in [-0.39, 0.29) is 5.41 Å². The third kappa shape index (κ3) is 5.63. The van der Waals surface area contributed by atoms with Gasteiger partial charge in [0.25, 0.3) is 0 Å². The molecule has 6 aromatic rings. The smallest absolute Gasteiger partial charge is 0.0998 e. The predicted octanol–water partition coefficient (Wildman–Crippen LogP) is 11.9. The maximum Gasteiger partial charge on any atom is 0.0998 e. The minimum absolute atomic E-state index is 0.238. The van der Waals surface area contributed by atoms with Crippen LogP contribution in [0, 0.1) is 22.7 Å². The Kier molecular flexibility index (Phi) is 8.27. The fraction of sp³-hybridized carbons (Fsp3) is 0.0870. The van der Waals surface area contributed by atoms with Crippen molar-refractivity contribution in [2.24, 2.45) is 0 Å². The standard InChI is InChI=1S/C46H35N3/c1-4-32(5-2)33-14-20-37(21-15-33)49(38-22-16-34(17-23-38)42-24-18-35(30-47)40-10-6-8-12-43(40)42)39-26-28-46(3,29-27-39)45-25-19-36(31-48)41-11-7-9-13-44(41)45/h4-28H,1,29H2,2-3H3/b32-5+. The molecule has 0 amide bonds. The Labute approximate surface area is 288 Å². The Morgan fingerprint density at radius 1 is 0.714 bits per heavy atom. The lowest BCUT2D eigenvalue weighted by Gasteiger charge is -2.34. The molecule has 6 aromatic carbocycles. The van der Waals surface area contributed by atoms with Crippen molar-refractivity contribution in [3.8, 4) is 23.3 Å². The molecule has 1 aliphatic rings. The van der Waals surface area contributed by atoms with Crippen LogP contribution in [0.4, 0.5) is 11.4 Å². The van der Waals surface area contributed by atoms with Crippen LogP contribution in [0.3, 0.4) is 0 Å². The van der Waals surface area contributed by atoms with Crippen LogP contribution in [-0.4, -0.2) is 0 Å². The van der Waals surface area contributed by atoms with Gasteiger partial charge in [-0.25, -0.2) is 0 Å². The highest BCUT2D eigenvalue weighted by Crippen LogP contribution is 2.42. The normalized spacial score (nSPS) is 15.8. The zero-order chi connectivity index (χ0) is 34.0. The number of hydrogen-bond donors (Lipinski definition) is 0. The molecule has 0 aromatic heterocycles. The summed E-state index contributed by atoms with van der Waals surface area (Å²) in [5, 5.41) is 23.6. The first-order valence-electron chi connectivity index (χ1n) is 16.5. The van der Waals surface area contributed by atoms with Gasteiger partial charge in [0.05, 0.1) is 23.3 Å². The van der Waals surface area contributed by atoms with Crippen molar-refractivity contribution in [2.75, 3.05) is 4.90 Å². The first-order valence-corrected chi connectivity index (χ1v) is 16.5. The monoisotopic (exact) mass is 629 g/mol. The molecule has 234 valence electrons. The van der Waals surface area contributed by atoms with Crippen molar-refractivity contribution in [1.29, 1.82) is 10.5 Å². The summed E-state index contributed by atoms with van der Waals surface area (Å²) in [6.07, 6.45) is 11.6. The van der Waals surface area contributed by atoms with Crippen LogP contribution >= 0.6 is 0 Å². The summed E-state index contributed by atoms with van der Waals surface area (Å²) in [4.78, 5) is 2.31. The molecule has 3 heteroatoms. The lowest BCUT2D eigenvalue weighted by atomic mass is 9.74. The number of fused-ring (bicyclic) bond motifs is 2. The maximum absolute atomic E-state index is 9.74. The molecule has 0 heterocycles. The molecular weight excluding hydrogens is 595 g/mol. The van der Waals surface area contributed by atoms with Crippen molar-refractivity contribution in [1.82, 2.24) is 0 Å². The van der Waals surface area contributed by atoms with Crippen LogP contribution in [0.25, 0.3) is 38.2 Å². The number of hydrogen-bond acceptors (Lipinski definition) is 3. The highest BCUT2D eigenvalue weighted by atomic mass is 15.1. The van der Waals surface area contributed by atoms with Gasteiger partial charge in [0.15, 0.2) is 0 Å². The van der Waals surface area contributed by atoms with Crippen molar-refractivity contribution in [3.63, 3.8) is 0 Å². The second-order valence-electron chi connectivity index (χ2n) is 12.6. The minimum Gasteiger partial charge on any atom is -0.311 e. The van der Waals surface area contributed by atoms with E-state index in [0.717, 1.165) is 67.3 Å². The largest absolute Gasteiger partial charge is 0.311 e. The average molecular weight is 630 g/mol. The van der Waals surface area contributed by atoms with Crippen LogP contribution in [0.15, 0.2) is 164 Å². The van der Waals surface area contributed by atoms with E-state index in [1.54, 1.807) is 0 Å². The lowest BCUT2D eigenvalue weighted by molar-refractivity contribution is 0.600. The molecule has 49 heavy (non-hydrogen) atoms. The highest BCUT2D eigenvalue weighted by molar-refractivity contribution is 6.00. The van der Waals surface area contributed by atoms with Crippen molar-refractivity contribution >= 4 is 38.5 Å². The van der Waals surface area contributed by atoms with Gasteiger partial charge in [0.2, 0.25) is 0 Å². The molecule has 0 saturated carbocycles. The summed E-state index contributed by atoms with van der Waals surface area (Å²) in [7, 11) is 0. The van der Waals surface area contributed by atoms with Crippen LogP contribution in [0.1, 0.15) is 42.5 Å². The van der Waals surface area contributed by atoms with E-state index in [2.05, 4.69) is 122 Å². The number of rotatable bonds is 7. The quantitative estimate of drug-likeness (QED) is 0.165. The van der Waals surface area contributed by atoms with Gasteiger partial charge >= 0.3 is 0 Å². The van der Waals surface area contributed by atoms with Gasteiger partial charge in [0, 0.05) is 27.9 Å². The molecule has 1 unspecified atom stereocenters. The van der Waals surface area contributed by atoms with Gasteiger partial charge < -0.3 is 4.90 Å². The van der Waals surface area contributed by atoms with E-state index < -0.39 is 0 Å². The number of nitrogens with zero attached hydrogens (tertiary/aromatic N) is 3. The van der Waals surface area contributed by atoms with E-state index in [0.29, 0.717) is 11.1 Å². The summed E-state index contributed by atoms with van der Waals surface area (Å²) in [6.45, 7) is 8.29. The Balaban J connectivity index is 1.29. The molecule has 1 atom stereocenters. The molecule has 0 spiro atoms. The van der Waals surface area contributed by atoms with E-state index in [1.165, 1.54) is 5.56 Å². The van der Waals surface area contributed by atoms with E-state index in [1.807, 2.05) is 67.6 Å². The van der Waals surface area contributed by atoms with E-state index in [4.69, 9.17) is 0 Å². The van der Waals surface area contributed by atoms with Crippen LogP contribution in [-0.2, 0) is 5.41 Å². The van der Waals surface area contributed by atoms with E-state index >= 15 is 0 Å². The lowest BCUT2D eigenvalue weighted by Crippen LogP contribution is -2.24. The molecule has 0 saturated heterocycles. The third-order valence-electron chi connectivity index (χ3n) is 9.75. The average Bonchev–Trinajstić information content (AvgIpc) is 3.16. The summed E-state index contributed by atoms with van der Waals surface area (Å²) >= 11 is 0. The molecule has 3 nitrogen and oxygen atoms in total. The maximum atomic E-state index is 9.74. The minimum atomic E-state index is -0.238.